The number of hydrogen-bond donors (Lipinski definition) is 0. The molecule has 0 heterocycles. The molecule has 0 saturated carbocycles. The van der Waals surface area contributed by atoms with Gasteiger partial charge in [0.1, 0.15) is 0 Å². The van der Waals surface area contributed by atoms with Crippen molar-refractivity contribution in [3.05, 3.63) is 167 Å². The lowest BCUT2D eigenvalue weighted by atomic mass is 9.69. The van der Waals surface area contributed by atoms with Crippen molar-refractivity contribution in [2.24, 2.45) is 0 Å². The second kappa shape index (κ2) is 8.49. The molecule has 0 saturated heterocycles. The van der Waals surface area contributed by atoms with Crippen LogP contribution in [0.1, 0.15) is 48.6 Å². The van der Waals surface area contributed by atoms with Gasteiger partial charge in [-0.2, -0.15) is 0 Å². The van der Waals surface area contributed by atoms with E-state index < -0.39 is 5.41 Å². The third-order valence-corrected chi connectivity index (χ3v) is 10.8. The molecule has 1 unspecified atom stereocenters. The molecule has 7 aromatic rings. The molecule has 7 aromatic carbocycles. The summed E-state index contributed by atoms with van der Waals surface area (Å²) in [7, 11) is 0. The monoisotopic (exact) mass is 572 g/mol. The second-order valence-electron chi connectivity index (χ2n) is 14.0. The lowest BCUT2D eigenvalue weighted by molar-refractivity contribution is 0.590. The van der Waals surface area contributed by atoms with Crippen molar-refractivity contribution >= 4 is 10.8 Å². The molecule has 0 bridgehead atoms. The number of benzene rings is 7. The molecular weight excluding hydrogens is 540 g/mol. The Kier molecular flexibility index (Phi) is 4.75. The van der Waals surface area contributed by atoms with Crippen molar-refractivity contribution in [3.8, 4) is 55.6 Å². The Morgan fingerprint density at radius 1 is 0.400 bits per heavy atom. The highest BCUT2D eigenvalue weighted by atomic mass is 14.5. The van der Waals surface area contributed by atoms with Gasteiger partial charge < -0.3 is 0 Å². The molecule has 1 spiro atoms. The summed E-state index contributed by atoms with van der Waals surface area (Å²) in [5.74, 6) is 0. The Morgan fingerprint density at radius 2 is 0.978 bits per heavy atom. The van der Waals surface area contributed by atoms with Gasteiger partial charge in [0, 0.05) is 0 Å². The van der Waals surface area contributed by atoms with Gasteiger partial charge in [-0.3, -0.25) is 0 Å². The molecule has 3 aliphatic carbocycles. The highest BCUT2D eigenvalue weighted by molar-refractivity contribution is 6.21. The van der Waals surface area contributed by atoms with E-state index in [1.54, 1.807) is 0 Å². The van der Waals surface area contributed by atoms with Crippen molar-refractivity contribution in [2.45, 2.75) is 31.6 Å². The summed E-state index contributed by atoms with van der Waals surface area (Å²) in [6.45, 7) is 6.84. The quantitative estimate of drug-likeness (QED) is 0.183. The Morgan fingerprint density at radius 3 is 1.71 bits per heavy atom. The van der Waals surface area contributed by atoms with Gasteiger partial charge in [0.05, 0.1) is 5.41 Å². The van der Waals surface area contributed by atoms with Crippen LogP contribution in [0.25, 0.3) is 66.4 Å². The van der Waals surface area contributed by atoms with Crippen LogP contribution < -0.4 is 0 Å². The third kappa shape index (κ3) is 3.07. The van der Waals surface area contributed by atoms with E-state index in [1.165, 1.54) is 94.2 Å². The Labute approximate surface area is 264 Å². The van der Waals surface area contributed by atoms with E-state index in [1.807, 2.05) is 0 Å². The number of rotatable bonds is 1. The molecule has 0 radical (unpaired) electrons. The molecule has 10 rings (SSSR count). The van der Waals surface area contributed by atoms with Gasteiger partial charge in [0.15, 0.2) is 0 Å². The van der Waals surface area contributed by atoms with Gasteiger partial charge in [-0.25, -0.2) is 0 Å². The topological polar surface area (TPSA) is 0 Å². The van der Waals surface area contributed by atoms with Crippen LogP contribution in [-0.4, -0.2) is 0 Å². The minimum atomic E-state index is -0.391. The van der Waals surface area contributed by atoms with Gasteiger partial charge in [-0.15, -0.1) is 0 Å². The maximum absolute atomic E-state index is 2.56. The molecule has 0 amide bonds. The summed E-state index contributed by atoms with van der Waals surface area (Å²) >= 11 is 0. The molecule has 0 fully saturated rings. The predicted octanol–water partition coefficient (Wildman–Crippen LogP) is 11.8. The maximum atomic E-state index is 2.56. The van der Waals surface area contributed by atoms with Crippen LogP contribution in [0, 0.1) is 0 Å². The van der Waals surface area contributed by atoms with Gasteiger partial charge >= 0.3 is 0 Å². The van der Waals surface area contributed by atoms with E-state index >= 15 is 0 Å². The minimum Gasteiger partial charge on any atom is -0.0619 e. The third-order valence-electron chi connectivity index (χ3n) is 10.8. The van der Waals surface area contributed by atoms with Crippen LogP contribution in [0.5, 0.6) is 0 Å². The summed E-state index contributed by atoms with van der Waals surface area (Å²) < 4.78 is 0. The fourth-order valence-electron chi connectivity index (χ4n) is 8.84. The fourth-order valence-corrected chi connectivity index (χ4v) is 8.84. The second-order valence-corrected chi connectivity index (χ2v) is 14.0. The van der Waals surface area contributed by atoms with Crippen LogP contribution in [0.15, 0.2) is 140 Å². The molecule has 3 aliphatic rings. The lowest BCUT2D eigenvalue weighted by Gasteiger charge is -2.31. The summed E-state index contributed by atoms with van der Waals surface area (Å²) in [5, 5.41) is 2.75. The Hall–Kier alpha value is -5.20. The largest absolute Gasteiger partial charge is 0.0726 e. The molecule has 0 N–H and O–H groups in total. The molecule has 1 atom stereocenters. The maximum Gasteiger partial charge on any atom is 0.0726 e. The zero-order chi connectivity index (χ0) is 30.1. The lowest BCUT2D eigenvalue weighted by Crippen LogP contribution is -2.26. The first-order valence-electron chi connectivity index (χ1n) is 16.1. The van der Waals surface area contributed by atoms with Crippen molar-refractivity contribution in [3.63, 3.8) is 0 Å². The summed E-state index contributed by atoms with van der Waals surface area (Å²) in [6.07, 6.45) is 0. The van der Waals surface area contributed by atoms with E-state index in [4.69, 9.17) is 0 Å². The van der Waals surface area contributed by atoms with E-state index in [9.17, 15) is 0 Å². The summed E-state index contributed by atoms with van der Waals surface area (Å²) in [4.78, 5) is 0. The van der Waals surface area contributed by atoms with Crippen LogP contribution in [-0.2, 0) is 10.8 Å². The fraction of sp³-hybridized carbons (Fsp3) is 0.111. The molecule has 0 aromatic heterocycles. The van der Waals surface area contributed by atoms with Crippen LogP contribution in [0.2, 0.25) is 0 Å². The first-order chi connectivity index (χ1) is 22.0. The normalized spacial score (nSPS) is 16.4. The van der Waals surface area contributed by atoms with Crippen molar-refractivity contribution in [1.29, 1.82) is 0 Å². The van der Waals surface area contributed by atoms with E-state index in [0.717, 1.165) is 0 Å². The smallest absolute Gasteiger partial charge is 0.0619 e. The number of fused-ring (bicyclic) bond motifs is 14. The zero-order valence-electron chi connectivity index (χ0n) is 25.8. The minimum absolute atomic E-state index is 0.127. The molecule has 45 heavy (non-hydrogen) atoms. The Balaban J connectivity index is 1.32. The van der Waals surface area contributed by atoms with Crippen LogP contribution in [0.4, 0.5) is 0 Å². The average Bonchev–Trinajstić information content (AvgIpc) is 3.67. The summed E-state index contributed by atoms with van der Waals surface area (Å²) in [5.41, 5.74) is 20.0. The molecule has 212 valence electrons. The molecule has 0 nitrogen and oxygen atoms in total. The number of hydrogen-bond acceptors (Lipinski definition) is 0. The van der Waals surface area contributed by atoms with Gasteiger partial charge in [0.25, 0.3) is 0 Å². The zero-order valence-corrected chi connectivity index (χ0v) is 25.8. The van der Waals surface area contributed by atoms with Crippen molar-refractivity contribution < 1.29 is 0 Å². The predicted molar refractivity (Wildman–Crippen MR) is 189 cm³/mol. The van der Waals surface area contributed by atoms with E-state index in [0.29, 0.717) is 0 Å². The molecule has 0 aliphatic heterocycles. The highest BCUT2D eigenvalue weighted by Crippen LogP contribution is 2.65. The Bertz CT molecular complexity index is 2400. The first kappa shape index (κ1) is 25.2. The van der Waals surface area contributed by atoms with Crippen LogP contribution in [0.3, 0.4) is 0 Å². The standard InChI is InChI=1S/C45H32/c1-44(2,3)29-22-19-27(20-23-29)28-21-24-33-32-13-6-8-17-38(32)45(40(33)25-28)39-18-9-7-14-35(39)43-36-16-10-15-34-30-11-4-5-12-31(30)37(42(34)36)26-41(43)45/h4-26H,1-3H3. The molecular formula is C45H32. The molecule has 0 heteroatoms. The van der Waals surface area contributed by atoms with Gasteiger partial charge in [0.2, 0.25) is 0 Å². The van der Waals surface area contributed by atoms with Crippen molar-refractivity contribution in [1.82, 2.24) is 0 Å². The van der Waals surface area contributed by atoms with Crippen LogP contribution >= 0.6 is 0 Å². The van der Waals surface area contributed by atoms with E-state index in [-0.39, 0.29) is 5.41 Å². The van der Waals surface area contributed by atoms with Gasteiger partial charge in [-0.1, -0.05) is 148 Å². The van der Waals surface area contributed by atoms with Crippen molar-refractivity contribution in [2.75, 3.05) is 0 Å². The van der Waals surface area contributed by atoms with Gasteiger partial charge in [-0.05, 0) is 112 Å². The average molecular weight is 573 g/mol. The highest BCUT2D eigenvalue weighted by Gasteiger charge is 2.52. The first-order valence-corrected chi connectivity index (χ1v) is 16.1. The summed E-state index contributed by atoms with van der Waals surface area (Å²) in [6, 6.07) is 53.2. The SMILES string of the molecule is CC(C)(C)c1ccc(-c2ccc3c(c2)C2(c4ccccc4-3)c3ccccc3-c3c2cc2c4c(cccc34)-c3ccccc3-2)cc1. The van der Waals surface area contributed by atoms with E-state index in [2.05, 4.69) is 160 Å².